The van der Waals surface area contributed by atoms with Gasteiger partial charge in [0.15, 0.2) is 11.5 Å². The van der Waals surface area contributed by atoms with Crippen LogP contribution in [-0.2, 0) is 5.41 Å². The summed E-state index contributed by atoms with van der Waals surface area (Å²) in [5, 5.41) is 9.72. The Labute approximate surface area is 110 Å². The smallest absolute Gasteiger partial charge is 0.404 e. The molecule has 0 saturated carbocycles. The lowest BCUT2D eigenvalue weighted by molar-refractivity contribution is -0.160. The monoisotopic (exact) mass is 277 g/mol. The molecule has 0 saturated heterocycles. The Balaban J connectivity index is 3.12. The van der Waals surface area contributed by atoms with E-state index in [9.17, 15) is 18.3 Å². The summed E-state index contributed by atoms with van der Waals surface area (Å²) in [6.07, 6.45) is -4.50. The van der Waals surface area contributed by atoms with Gasteiger partial charge in [-0.2, -0.15) is 13.2 Å². The van der Waals surface area contributed by atoms with E-state index in [4.69, 9.17) is 10.5 Å². The van der Waals surface area contributed by atoms with Crippen LogP contribution in [0.4, 0.5) is 13.2 Å². The van der Waals surface area contributed by atoms with Gasteiger partial charge >= 0.3 is 6.18 Å². The van der Waals surface area contributed by atoms with Crippen LogP contribution in [-0.4, -0.2) is 23.9 Å². The summed E-state index contributed by atoms with van der Waals surface area (Å²) in [5.41, 5.74) is 4.23. The number of benzene rings is 1. The van der Waals surface area contributed by atoms with E-state index in [0.29, 0.717) is 12.2 Å². The number of hydrogen-bond acceptors (Lipinski definition) is 3. The molecule has 0 fully saturated rings. The molecular weight excluding hydrogens is 259 g/mol. The molecule has 1 atom stereocenters. The predicted octanol–water partition coefficient (Wildman–Crippen LogP) is 2.96. The van der Waals surface area contributed by atoms with Crippen molar-refractivity contribution in [3.63, 3.8) is 0 Å². The van der Waals surface area contributed by atoms with Crippen molar-refractivity contribution in [1.82, 2.24) is 0 Å². The van der Waals surface area contributed by atoms with E-state index < -0.39 is 17.6 Å². The number of ether oxygens (including phenoxy) is 1. The summed E-state index contributed by atoms with van der Waals surface area (Å²) in [6, 6.07) is 2.17. The van der Waals surface area contributed by atoms with E-state index in [0.717, 1.165) is 0 Å². The molecule has 6 heteroatoms. The lowest BCUT2D eigenvalue weighted by Crippen LogP contribution is -2.51. The summed E-state index contributed by atoms with van der Waals surface area (Å²) in [6.45, 7) is 4.88. The Hall–Kier alpha value is -1.43. The molecule has 3 nitrogen and oxygen atoms in total. The summed E-state index contributed by atoms with van der Waals surface area (Å²) >= 11 is 0. The highest BCUT2D eigenvalue weighted by Crippen LogP contribution is 2.38. The first-order valence-electron chi connectivity index (χ1n) is 5.89. The molecule has 0 amide bonds. The van der Waals surface area contributed by atoms with Crippen molar-refractivity contribution >= 4 is 0 Å². The highest BCUT2D eigenvalue weighted by molar-refractivity contribution is 5.44. The highest BCUT2D eigenvalue weighted by Gasteiger charge is 2.47. The van der Waals surface area contributed by atoms with Crippen LogP contribution >= 0.6 is 0 Å². The zero-order valence-corrected chi connectivity index (χ0v) is 11.1. The molecule has 0 aromatic heterocycles. The molecule has 1 unspecified atom stereocenters. The van der Waals surface area contributed by atoms with Crippen molar-refractivity contribution in [3.8, 4) is 11.5 Å². The van der Waals surface area contributed by atoms with Crippen molar-refractivity contribution in [2.24, 2.45) is 5.73 Å². The fraction of sp³-hybridized carbons (Fsp3) is 0.538. The molecule has 0 aliphatic carbocycles. The Kier molecular flexibility index (Phi) is 4.35. The van der Waals surface area contributed by atoms with E-state index in [1.54, 1.807) is 6.92 Å². The summed E-state index contributed by atoms with van der Waals surface area (Å²) in [7, 11) is 0. The number of alkyl halides is 3. The van der Waals surface area contributed by atoms with Gasteiger partial charge in [0.05, 0.1) is 6.61 Å². The molecule has 19 heavy (non-hydrogen) atoms. The van der Waals surface area contributed by atoms with Crippen molar-refractivity contribution in [3.05, 3.63) is 23.8 Å². The summed E-state index contributed by atoms with van der Waals surface area (Å²) in [5.74, 6) is 0.0458. The van der Waals surface area contributed by atoms with Gasteiger partial charge in [0.2, 0.25) is 0 Å². The predicted molar refractivity (Wildman–Crippen MR) is 66.3 cm³/mol. The minimum Gasteiger partial charge on any atom is -0.504 e. The van der Waals surface area contributed by atoms with Crippen LogP contribution in [0.15, 0.2) is 18.2 Å². The number of rotatable bonds is 4. The third kappa shape index (κ3) is 3.32. The van der Waals surface area contributed by atoms with Crippen LogP contribution in [0.1, 0.15) is 26.3 Å². The number of aromatic hydroxyl groups is 1. The number of nitrogens with two attached hydrogens (primary N) is 1. The van der Waals surface area contributed by atoms with Gasteiger partial charge in [-0.1, -0.05) is 19.9 Å². The van der Waals surface area contributed by atoms with Crippen LogP contribution < -0.4 is 10.5 Å². The fourth-order valence-corrected chi connectivity index (χ4v) is 1.78. The normalized spacial score (nSPS) is 14.3. The Morgan fingerprint density at radius 2 is 1.89 bits per heavy atom. The Bertz CT molecular complexity index is 444. The van der Waals surface area contributed by atoms with E-state index in [-0.39, 0.29) is 11.5 Å². The summed E-state index contributed by atoms with van der Waals surface area (Å²) in [4.78, 5) is 0. The molecule has 1 aromatic carbocycles. The lowest BCUT2D eigenvalue weighted by Gasteiger charge is -2.33. The zero-order chi connectivity index (χ0) is 14.8. The Morgan fingerprint density at radius 3 is 2.32 bits per heavy atom. The van der Waals surface area contributed by atoms with Crippen molar-refractivity contribution in [2.75, 3.05) is 6.61 Å². The van der Waals surface area contributed by atoms with Gasteiger partial charge in [-0.05, 0) is 24.6 Å². The average molecular weight is 277 g/mol. The van der Waals surface area contributed by atoms with Crippen molar-refractivity contribution in [2.45, 2.75) is 38.4 Å². The molecule has 1 aromatic rings. The maximum absolute atomic E-state index is 12.7. The standard InChI is InChI=1S/C13H18F3NO2/c1-4-19-10-6-5-8(7-9(10)18)12(2,3)11(17)13(14,15)16/h5-7,11,18H,4,17H2,1-3H3. The SMILES string of the molecule is CCOc1ccc(C(C)(C)C(N)C(F)(F)F)cc1O. The zero-order valence-electron chi connectivity index (χ0n) is 11.1. The fourth-order valence-electron chi connectivity index (χ4n) is 1.78. The maximum Gasteiger partial charge on any atom is 0.404 e. The molecule has 1 rings (SSSR count). The van der Waals surface area contributed by atoms with Crippen LogP contribution in [0, 0.1) is 0 Å². The first-order valence-corrected chi connectivity index (χ1v) is 5.89. The Morgan fingerprint density at radius 1 is 1.32 bits per heavy atom. The second kappa shape index (κ2) is 5.28. The van der Waals surface area contributed by atoms with Crippen molar-refractivity contribution in [1.29, 1.82) is 0 Å². The molecular formula is C13H18F3NO2. The molecule has 0 aliphatic rings. The third-order valence-corrected chi connectivity index (χ3v) is 3.13. The molecule has 0 bridgehead atoms. The maximum atomic E-state index is 12.7. The molecule has 108 valence electrons. The lowest BCUT2D eigenvalue weighted by atomic mass is 9.77. The van der Waals surface area contributed by atoms with Crippen LogP contribution in [0.5, 0.6) is 11.5 Å². The molecule has 0 spiro atoms. The second-order valence-electron chi connectivity index (χ2n) is 4.86. The molecule has 0 heterocycles. The highest BCUT2D eigenvalue weighted by atomic mass is 19.4. The van der Waals surface area contributed by atoms with Crippen LogP contribution in [0.2, 0.25) is 0 Å². The van der Waals surface area contributed by atoms with Gasteiger partial charge < -0.3 is 15.6 Å². The first kappa shape index (κ1) is 15.6. The van der Waals surface area contributed by atoms with Gasteiger partial charge in [-0.25, -0.2) is 0 Å². The molecule has 0 aliphatic heterocycles. The molecule has 0 radical (unpaired) electrons. The minimum absolute atomic E-state index is 0.193. The first-order chi connectivity index (χ1) is 8.60. The molecule has 3 N–H and O–H groups in total. The second-order valence-corrected chi connectivity index (χ2v) is 4.86. The number of phenolic OH excluding ortho intramolecular Hbond substituents is 1. The van der Waals surface area contributed by atoms with Gasteiger partial charge in [0, 0.05) is 5.41 Å². The number of halogens is 3. The average Bonchev–Trinajstić information content (AvgIpc) is 2.29. The largest absolute Gasteiger partial charge is 0.504 e. The quantitative estimate of drug-likeness (QED) is 0.889. The van der Waals surface area contributed by atoms with Gasteiger partial charge in [-0.3, -0.25) is 0 Å². The van der Waals surface area contributed by atoms with Gasteiger partial charge in [0.1, 0.15) is 6.04 Å². The van der Waals surface area contributed by atoms with Gasteiger partial charge in [-0.15, -0.1) is 0 Å². The number of hydrogen-bond donors (Lipinski definition) is 2. The van der Waals surface area contributed by atoms with Crippen molar-refractivity contribution < 1.29 is 23.0 Å². The van der Waals surface area contributed by atoms with E-state index in [1.807, 2.05) is 0 Å². The van der Waals surface area contributed by atoms with Gasteiger partial charge in [0.25, 0.3) is 0 Å². The van der Waals surface area contributed by atoms with Crippen LogP contribution in [0.25, 0.3) is 0 Å². The van der Waals surface area contributed by atoms with E-state index >= 15 is 0 Å². The third-order valence-electron chi connectivity index (χ3n) is 3.13. The van der Waals surface area contributed by atoms with E-state index in [1.165, 1.54) is 32.0 Å². The van der Waals surface area contributed by atoms with Crippen LogP contribution in [0.3, 0.4) is 0 Å². The topological polar surface area (TPSA) is 55.5 Å². The number of phenols is 1. The van der Waals surface area contributed by atoms with E-state index in [2.05, 4.69) is 0 Å². The summed E-state index contributed by atoms with van der Waals surface area (Å²) < 4.78 is 43.3. The minimum atomic E-state index is -4.50.